The summed E-state index contributed by atoms with van der Waals surface area (Å²) >= 11 is 0. The summed E-state index contributed by atoms with van der Waals surface area (Å²) in [5.74, 6) is 0.589. The van der Waals surface area contributed by atoms with Gasteiger partial charge in [0.1, 0.15) is 0 Å². The predicted octanol–water partition coefficient (Wildman–Crippen LogP) is 11.1. The molecule has 2 aliphatic carbocycles. The van der Waals surface area contributed by atoms with E-state index in [1.165, 1.54) is 22.3 Å². The zero-order chi connectivity index (χ0) is 33.3. The van der Waals surface area contributed by atoms with Crippen molar-refractivity contribution < 1.29 is 4.79 Å². The third-order valence-corrected chi connectivity index (χ3v) is 11.1. The van der Waals surface area contributed by atoms with Gasteiger partial charge in [0, 0.05) is 38.3 Å². The average molecular weight is 640 g/mol. The normalized spacial score (nSPS) is 14.0. The van der Waals surface area contributed by atoms with Crippen molar-refractivity contribution in [1.29, 1.82) is 0 Å². The molecule has 0 N–H and O–H groups in total. The summed E-state index contributed by atoms with van der Waals surface area (Å²) in [5, 5.41) is 5.30. The SMILES string of the molecule is CC1(C)c2ccccc2-c2ccc(-c3nc(-n4c5ccccc5c5c6ccccc6c6c(c54)C(=O)c4ccccc4-6)nc4ccccc34)cc21. The van der Waals surface area contributed by atoms with Crippen LogP contribution in [0.4, 0.5) is 0 Å². The standard InChI is InChI=1S/C46H29N3O/c1-46(2)35-20-10-7-13-27(35)28-24-23-26(25-36(28)46)42-33-18-8-11-21-37(33)47-45(48-42)49-38-22-12-9-19-34(38)40-30-15-4-3-14-29(30)39-31-16-5-6-17-32(31)44(50)41(39)43(40)49/h3-25H,1-2H3. The minimum absolute atomic E-state index is 0.0387. The van der Waals surface area contributed by atoms with Crippen molar-refractivity contribution in [2.75, 3.05) is 0 Å². The summed E-state index contributed by atoms with van der Waals surface area (Å²) in [5.41, 5.74) is 13.1. The largest absolute Gasteiger partial charge is 0.288 e. The van der Waals surface area contributed by atoms with E-state index in [1.807, 2.05) is 24.3 Å². The number of fused-ring (bicyclic) bond motifs is 14. The Morgan fingerprint density at radius 1 is 0.540 bits per heavy atom. The molecule has 2 heterocycles. The molecule has 0 spiro atoms. The van der Waals surface area contributed by atoms with Gasteiger partial charge in [-0.05, 0) is 56.8 Å². The number of rotatable bonds is 2. The summed E-state index contributed by atoms with van der Waals surface area (Å²) in [6.45, 7) is 4.62. The summed E-state index contributed by atoms with van der Waals surface area (Å²) in [7, 11) is 0. The van der Waals surface area contributed by atoms with Crippen molar-refractivity contribution in [3.8, 4) is 39.5 Å². The monoisotopic (exact) mass is 639 g/mol. The van der Waals surface area contributed by atoms with Gasteiger partial charge in [0.15, 0.2) is 5.78 Å². The van der Waals surface area contributed by atoms with Gasteiger partial charge in [0.05, 0.1) is 27.8 Å². The van der Waals surface area contributed by atoms with Gasteiger partial charge in [-0.15, -0.1) is 0 Å². The van der Waals surface area contributed by atoms with Crippen molar-refractivity contribution in [1.82, 2.24) is 14.5 Å². The maximum Gasteiger partial charge on any atom is 0.235 e. The molecule has 0 bridgehead atoms. The van der Waals surface area contributed by atoms with Crippen molar-refractivity contribution >= 4 is 49.3 Å². The van der Waals surface area contributed by atoms with E-state index >= 15 is 0 Å². The molecule has 4 heteroatoms. The van der Waals surface area contributed by atoms with E-state index in [1.54, 1.807) is 0 Å². The molecular weight excluding hydrogens is 611 g/mol. The Kier molecular flexibility index (Phi) is 5.30. The minimum Gasteiger partial charge on any atom is -0.288 e. The third-order valence-electron chi connectivity index (χ3n) is 11.1. The van der Waals surface area contributed by atoms with E-state index < -0.39 is 0 Å². The van der Waals surface area contributed by atoms with Crippen LogP contribution in [0.1, 0.15) is 40.9 Å². The zero-order valence-electron chi connectivity index (χ0n) is 27.5. The molecule has 9 aromatic rings. The molecule has 0 radical (unpaired) electrons. The highest BCUT2D eigenvalue weighted by Gasteiger charge is 2.36. The van der Waals surface area contributed by atoms with Gasteiger partial charge in [0.2, 0.25) is 5.95 Å². The Morgan fingerprint density at radius 2 is 1.18 bits per heavy atom. The smallest absolute Gasteiger partial charge is 0.235 e. The maximum absolute atomic E-state index is 14.5. The van der Waals surface area contributed by atoms with Gasteiger partial charge < -0.3 is 0 Å². The highest BCUT2D eigenvalue weighted by molar-refractivity contribution is 6.37. The molecule has 11 rings (SSSR count). The summed E-state index contributed by atoms with van der Waals surface area (Å²) in [4.78, 5) is 25.2. The second-order valence-corrected chi connectivity index (χ2v) is 14.1. The van der Waals surface area contributed by atoms with Crippen LogP contribution in [0, 0.1) is 0 Å². The second-order valence-electron chi connectivity index (χ2n) is 14.1. The second kappa shape index (κ2) is 9.61. The molecule has 0 aliphatic heterocycles. The summed E-state index contributed by atoms with van der Waals surface area (Å²) < 4.78 is 2.14. The molecular formula is C46H29N3O. The summed E-state index contributed by atoms with van der Waals surface area (Å²) in [6, 6.07) is 48.6. The first kappa shape index (κ1) is 27.5. The van der Waals surface area contributed by atoms with Gasteiger partial charge in [-0.2, -0.15) is 0 Å². The Labute approximate surface area is 288 Å². The van der Waals surface area contributed by atoms with E-state index in [0.717, 1.165) is 71.4 Å². The fourth-order valence-corrected chi connectivity index (χ4v) is 8.90. The van der Waals surface area contributed by atoms with Crippen molar-refractivity contribution in [2.45, 2.75) is 19.3 Å². The van der Waals surface area contributed by atoms with Crippen LogP contribution >= 0.6 is 0 Å². The van der Waals surface area contributed by atoms with Crippen molar-refractivity contribution in [2.24, 2.45) is 0 Å². The summed E-state index contributed by atoms with van der Waals surface area (Å²) in [6.07, 6.45) is 0. The fraction of sp³-hybridized carbons (Fsp3) is 0.0652. The number of aromatic nitrogens is 3. The van der Waals surface area contributed by atoms with Crippen molar-refractivity contribution in [3.63, 3.8) is 0 Å². The molecule has 0 saturated heterocycles. The lowest BCUT2D eigenvalue weighted by molar-refractivity contribution is 0.104. The number of para-hydroxylation sites is 2. The molecule has 0 unspecified atom stereocenters. The van der Waals surface area contributed by atoms with Crippen LogP contribution in [0.5, 0.6) is 0 Å². The number of carbonyl (C=O) groups excluding carboxylic acids is 1. The van der Waals surface area contributed by atoms with Gasteiger partial charge in [-0.25, -0.2) is 9.97 Å². The Balaban J connectivity index is 1.26. The first-order chi connectivity index (χ1) is 24.5. The lowest BCUT2D eigenvalue weighted by Gasteiger charge is -2.22. The van der Waals surface area contributed by atoms with Gasteiger partial charge in [-0.3, -0.25) is 9.36 Å². The van der Waals surface area contributed by atoms with Crippen LogP contribution in [0.25, 0.3) is 82.9 Å². The third kappa shape index (κ3) is 3.42. The number of benzene rings is 7. The van der Waals surface area contributed by atoms with Crippen molar-refractivity contribution in [3.05, 3.63) is 162 Å². The van der Waals surface area contributed by atoms with Gasteiger partial charge in [-0.1, -0.05) is 135 Å². The Morgan fingerprint density at radius 3 is 2.02 bits per heavy atom. The molecule has 234 valence electrons. The Hall–Kier alpha value is -6.39. The molecule has 0 fully saturated rings. The number of hydrogen-bond acceptors (Lipinski definition) is 3. The maximum atomic E-state index is 14.5. The number of ketones is 1. The highest BCUT2D eigenvalue weighted by atomic mass is 16.1. The van der Waals surface area contributed by atoms with E-state index in [2.05, 4.69) is 134 Å². The van der Waals surface area contributed by atoms with Crippen LogP contribution in [0.3, 0.4) is 0 Å². The van der Waals surface area contributed by atoms with Crippen LogP contribution < -0.4 is 0 Å². The predicted molar refractivity (Wildman–Crippen MR) is 203 cm³/mol. The first-order valence-electron chi connectivity index (χ1n) is 17.1. The number of nitrogens with zero attached hydrogens (tertiary/aromatic N) is 3. The molecule has 0 atom stereocenters. The molecule has 7 aromatic carbocycles. The highest BCUT2D eigenvalue weighted by Crippen LogP contribution is 2.51. The van der Waals surface area contributed by atoms with E-state index in [4.69, 9.17) is 9.97 Å². The van der Waals surface area contributed by atoms with Crippen LogP contribution in [0.2, 0.25) is 0 Å². The zero-order valence-corrected chi connectivity index (χ0v) is 27.5. The van der Waals surface area contributed by atoms with E-state index in [9.17, 15) is 4.79 Å². The molecule has 0 saturated carbocycles. The first-order valence-corrected chi connectivity index (χ1v) is 17.1. The van der Waals surface area contributed by atoms with E-state index in [-0.39, 0.29) is 11.2 Å². The van der Waals surface area contributed by atoms with Crippen LogP contribution in [0.15, 0.2) is 140 Å². The fourth-order valence-electron chi connectivity index (χ4n) is 8.90. The van der Waals surface area contributed by atoms with Crippen LogP contribution in [-0.4, -0.2) is 20.3 Å². The molecule has 2 aromatic heterocycles. The van der Waals surface area contributed by atoms with Crippen LogP contribution in [-0.2, 0) is 5.41 Å². The molecule has 50 heavy (non-hydrogen) atoms. The lowest BCUT2D eigenvalue weighted by Crippen LogP contribution is -2.15. The number of hydrogen-bond donors (Lipinski definition) is 0. The quantitative estimate of drug-likeness (QED) is 0.189. The molecule has 4 nitrogen and oxygen atoms in total. The van der Waals surface area contributed by atoms with Gasteiger partial charge >= 0.3 is 0 Å². The topological polar surface area (TPSA) is 47.8 Å². The number of carbonyl (C=O) groups is 1. The lowest BCUT2D eigenvalue weighted by atomic mass is 9.82. The van der Waals surface area contributed by atoms with E-state index in [0.29, 0.717) is 11.5 Å². The molecule has 0 amide bonds. The molecule has 2 aliphatic rings. The Bertz CT molecular complexity index is 2980. The van der Waals surface area contributed by atoms with Gasteiger partial charge in [0.25, 0.3) is 0 Å². The average Bonchev–Trinajstić information content (AvgIpc) is 3.74. The minimum atomic E-state index is -0.141.